The molecule has 8 heteroatoms. The molecule has 1 aliphatic heterocycles. The quantitative estimate of drug-likeness (QED) is 0.537. The van der Waals surface area contributed by atoms with Crippen LogP contribution in [0.4, 0.5) is 5.69 Å². The molecule has 34 heavy (non-hydrogen) atoms. The van der Waals surface area contributed by atoms with E-state index in [1.807, 2.05) is 24.3 Å². The van der Waals surface area contributed by atoms with Gasteiger partial charge >= 0.3 is 5.69 Å². The Kier molecular flexibility index (Phi) is 7.05. The second kappa shape index (κ2) is 10.2. The summed E-state index contributed by atoms with van der Waals surface area (Å²) in [7, 11) is 1.64. The van der Waals surface area contributed by atoms with Gasteiger partial charge in [0.15, 0.2) is 0 Å². The molecule has 1 aliphatic rings. The van der Waals surface area contributed by atoms with E-state index in [0.29, 0.717) is 49.5 Å². The van der Waals surface area contributed by atoms with E-state index in [4.69, 9.17) is 4.74 Å². The number of fused-ring (bicyclic) bond motifs is 1. The predicted octanol–water partition coefficient (Wildman–Crippen LogP) is 2.57. The molecule has 8 nitrogen and oxygen atoms in total. The number of rotatable bonds is 7. The first kappa shape index (κ1) is 23.6. The van der Waals surface area contributed by atoms with Crippen LogP contribution in [-0.2, 0) is 17.9 Å². The Morgan fingerprint density at radius 2 is 1.62 bits per heavy atom. The Bertz CT molecular complexity index is 1270. The van der Waals surface area contributed by atoms with Gasteiger partial charge in [-0.15, -0.1) is 0 Å². The number of hydrogen-bond donors (Lipinski definition) is 0. The fourth-order valence-corrected chi connectivity index (χ4v) is 4.35. The summed E-state index contributed by atoms with van der Waals surface area (Å²) in [6.07, 6.45) is 0.717. The normalized spacial score (nSPS) is 14.1. The van der Waals surface area contributed by atoms with Crippen LogP contribution >= 0.6 is 0 Å². The number of carbonyl (C=O) groups is 1. The van der Waals surface area contributed by atoms with Crippen molar-refractivity contribution >= 4 is 22.5 Å². The maximum absolute atomic E-state index is 13.3. The summed E-state index contributed by atoms with van der Waals surface area (Å²) in [4.78, 5) is 43.4. The third-order valence-corrected chi connectivity index (χ3v) is 6.43. The first-order chi connectivity index (χ1) is 16.4. The minimum absolute atomic E-state index is 0.0795. The maximum Gasteiger partial charge on any atom is 0.331 e. The largest absolute Gasteiger partial charge is 0.497 e. The van der Waals surface area contributed by atoms with Gasteiger partial charge in [0.1, 0.15) is 12.3 Å². The third-order valence-electron chi connectivity index (χ3n) is 6.43. The topological polar surface area (TPSA) is 76.8 Å². The van der Waals surface area contributed by atoms with Crippen LogP contribution in [0.15, 0.2) is 58.1 Å². The fraction of sp³-hybridized carbons (Fsp3) is 0.423. The van der Waals surface area contributed by atoms with Gasteiger partial charge in [-0.05, 0) is 48.7 Å². The van der Waals surface area contributed by atoms with Gasteiger partial charge in [-0.3, -0.25) is 18.7 Å². The lowest BCUT2D eigenvalue weighted by Crippen LogP contribution is -2.50. The van der Waals surface area contributed by atoms with Crippen LogP contribution in [0.25, 0.3) is 10.9 Å². The van der Waals surface area contributed by atoms with Gasteiger partial charge in [0.05, 0.1) is 18.0 Å². The summed E-state index contributed by atoms with van der Waals surface area (Å²) in [5.74, 6) is 1.05. The molecule has 0 spiro atoms. The van der Waals surface area contributed by atoms with Crippen LogP contribution in [0.5, 0.6) is 5.75 Å². The van der Waals surface area contributed by atoms with Crippen molar-refractivity contribution in [3.8, 4) is 5.75 Å². The van der Waals surface area contributed by atoms with Crippen molar-refractivity contribution < 1.29 is 9.53 Å². The molecule has 1 saturated heterocycles. The van der Waals surface area contributed by atoms with Gasteiger partial charge in [0, 0.05) is 38.4 Å². The van der Waals surface area contributed by atoms with E-state index >= 15 is 0 Å². The van der Waals surface area contributed by atoms with Crippen molar-refractivity contribution in [2.24, 2.45) is 5.92 Å². The summed E-state index contributed by atoms with van der Waals surface area (Å²) in [5, 5.41) is 0.461. The summed E-state index contributed by atoms with van der Waals surface area (Å²) in [6.45, 7) is 6.94. The van der Waals surface area contributed by atoms with Gasteiger partial charge in [-0.2, -0.15) is 0 Å². The molecule has 1 fully saturated rings. The number of ether oxygens (including phenoxy) is 1. The molecular weight excluding hydrogens is 432 g/mol. The second-order valence-electron chi connectivity index (χ2n) is 9.09. The highest BCUT2D eigenvalue weighted by molar-refractivity contribution is 5.82. The minimum Gasteiger partial charge on any atom is -0.497 e. The SMILES string of the molecule is COc1ccc(N2CCN(C(=O)Cn3c(=O)n(CCC(C)C)c(=O)c4ccccc43)CC2)cc1. The van der Waals surface area contributed by atoms with Crippen LogP contribution in [0.1, 0.15) is 20.3 Å². The van der Waals surface area contributed by atoms with Crippen LogP contribution < -0.4 is 20.9 Å². The maximum atomic E-state index is 13.3. The Labute approximate surface area is 199 Å². The van der Waals surface area contributed by atoms with Gasteiger partial charge in [-0.25, -0.2) is 4.79 Å². The van der Waals surface area contributed by atoms with Crippen molar-refractivity contribution in [1.29, 1.82) is 0 Å². The molecule has 2 aromatic carbocycles. The highest BCUT2D eigenvalue weighted by atomic mass is 16.5. The first-order valence-electron chi connectivity index (χ1n) is 11.8. The lowest BCUT2D eigenvalue weighted by molar-refractivity contribution is -0.132. The van der Waals surface area contributed by atoms with E-state index < -0.39 is 5.69 Å². The molecule has 0 N–H and O–H groups in total. The van der Waals surface area contributed by atoms with Crippen molar-refractivity contribution in [3.05, 3.63) is 69.4 Å². The number of carbonyl (C=O) groups excluding carboxylic acids is 1. The second-order valence-corrected chi connectivity index (χ2v) is 9.09. The van der Waals surface area contributed by atoms with Crippen molar-refractivity contribution in [2.45, 2.75) is 33.4 Å². The molecule has 0 aliphatic carbocycles. The Morgan fingerprint density at radius 3 is 2.26 bits per heavy atom. The summed E-state index contributed by atoms with van der Waals surface area (Å²) >= 11 is 0. The number of aromatic nitrogens is 2. The lowest BCUT2D eigenvalue weighted by Gasteiger charge is -2.36. The van der Waals surface area contributed by atoms with E-state index in [2.05, 4.69) is 18.7 Å². The van der Waals surface area contributed by atoms with Crippen molar-refractivity contribution in [3.63, 3.8) is 0 Å². The Balaban J connectivity index is 1.52. The van der Waals surface area contributed by atoms with E-state index in [1.165, 1.54) is 9.13 Å². The minimum atomic E-state index is -0.422. The number of para-hydroxylation sites is 1. The number of nitrogens with zero attached hydrogens (tertiary/aromatic N) is 4. The van der Waals surface area contributed by atoms with E-state index in [1.54, 1.807) is 36.3 Å². The molecule has 0 bridgehead atoms. The van der Waals surface area contributed by atoms with Gasteiger partial charge in [-0.1, -0.05) is 26.0 Å². The predicted molar refractivity (Wildman–Crippen MR) is 134 cm³/mol. The molecule has 3 aromatic rings. The lowest BCUT2D eigenvalue weighted by atomic mass is 10.1. The first-order valence-corrected chi connectivity index (χ1v) is 11.8. The molecular formula is C26H32N4O4. The molecule has 0 atom stereocenters. The molecule has 2 heterocycles. The van der Waals surface area contributed by atoms with Crippen molar-refractivity contribution in [1.82, 2.24) is 14.0 Å². The highest BCUT2D eigenvalue weighted by Crippen LogP contribution is 2.20. The molecule has 180 valence electrons. The highest BCUT2D eigenvalue weighted by Gasteiger charge is 2.23. The molecule has 0 saturated carbocycles. The Morgan fingerprint density at radius 1 is 0.941 bits per heavy atom. The summed E-state index contributed by atoms with van der Waals surface area (Å²) < 4.78 is 7.95. The van der Waals surface area contributed by atoms with Crippen LogP contribution in [0, 0.1) is 5.92 Å². The molecule has 1 amide bonds. The summed E-state index contributed by atoms with van der Waals surface area (Å²) in [5.41, 5.74) is 0.878. The summed E-state index contributed by atoms with van der Waals surface area (Å²) in [6, 6.07) is 14.9. The monoisotopic (exact) mass is 464 g/mol. The van der Waals surface area contributed by atoms with Crippen LogP contribution in [0.2, 0.25) is 0 Å². The third kappa shape index (κ3) is 4.85. The zero-order valence-corrected chi connectivity index (χ0v) is 20.1. The van der Waals surface area contributed by atoms with Gasteiger partial charge in [0.25, 0.3) is 5.56 Å². The number of benzene rings is 2. The number of piperazine rings is 1. The molecule has 0 unspecified atom stereocenters. The van der Waals surface area contributed by atoms with Gasteiger partial charge in [0.2, 0.25) is 5.91 Å². The molecule has 4 rings (SSSR count). The number of methoxy groups -OCH3 is 1. The molecule has 1 aromatic heterocycles. The number of hydrogen-bond acceptors (Lipinski definition) is 5. The number of anilines is 1. The van der Waals surface area contributed by atoms with E-state index in [-0.39, 0.29) is 18.0 Å². The average molecular weight is 465 g/mol. The van der Waals surface area contributed by atoms with Gasteiger partial charge < -0.3 is 14.5 Å². The van der Waals surface area contributed by atoms with Crippen LogP contribution in [0.3, 0.4) is 0 Å². The Hall–Kier alpha value is -3.55. The van der Waals surface area contributed by atoms with E-state index in [0.717, 1.165) is 17.9 Å². The van der Waals surface area contributed by atoms with Crippen LogP contribution in [-0.4, -0.2) is 53.2 Å². The van der Waals surface area contributed by atoms with Crippen molar-refractivity contribution in [2.75, 3.05) is 38.2 Å². The zero-order valence-electron chi connectivity index (χ0n) is 20.1. The molecule has 0 radical (unpaired) electrons. The number of amides is 1. The zero-order chi connectivity index (χ0) is 24.2. The fourth-order valence-electron chi connectivity index (χ4n) is 4.35. The average Bonchev–Trinajstić information content (AvgIpc) is 2.86. The standard InChI is InChI=1S/C26H32N4O4/c1-19(2)12-13-29-25(32)22-6-4-5-7-23(22)30(26(29)33)18-24(31)28-16-14-27(15-17-28)20-8-10-21(34-3)11-9-20/h4-11,19H,12-18H2,1-3H3. The van der Waals surface area contributed by atoms with E-state index in [9.17, 15) is 14.4 Å². The smallest absolute Gasteiger partial charge is 0.331 e.